The number of nitrogens with zero attached hydrogens (tertiary/aromatic N) is 1. The van der Waals surface area contributed by atoms with Crippen LogP contribution in [0.2, 0.25) is 0 Å². The summed E-state index contributed by atoms with van der Waals surface area (Å²) < 4.78 is 25.1. The Bertz CT molecular complexity index is 458. The molecule has 0 aliphatic heterocycles. The first-order valence-corrected chi connectivity index (χ1v) is 6.69. The zero-order chi connectivity index (χ0) is 18.0. The molecule has 0 heterocycles. The Hall–Kier alpha value is -2.18. The molecule has 0 amide bonds. The molecule has 0 fully saturated rings. The van der Waals surface area contributed by atoms with Crippen LogP contribution in [-0.4, -0.2) is 63.2 Å². The van der Waals surface area contributed by atoms with E-state index in [1.54, 1.807) is 0 Å². The number of carbonyl (C=O) groups excluding carboxylic acids is 3. The summed E-state index contributed by atoms with van der Waals surface area (Å²) in [4.78, 5) is 33.6. The molecule has 0 aliphatic rings. The number of ether oxygens (including phenoxy) is 5. The van der Waals surface area contributed by atoms with Crippen molar-refractivity contribution >= 4 is 17.9 Å². The lowest BCUT2D eigenvalue weighted by atomic mass is 10.0. The summed E-state index contributed by atoms with van der Waals surface area (Å²) in [6, 6.07) is 1.84. The minimum absolute atomic E-state index is 0.366. The van der Waals surface area contributed by atoms with E-state index in [1.165, 1.54) is 21.1 Å². The van der Waals surface area contributed by atoms with Crippen molar-refractivity contribution in [3.8, 4) is 6.07 Å². The number of hydrogen-bond donors (Lipinski definition) is 0. The Morgan fingerprint density at radius 3 is 1.83 bits per heavy atom. The maximum absolute atomic E-state index is 11.4. The van der Waals surface area contributed by atoms with Gasteiger partial charge in [-0.25, -0.2) is 0 Å². The highest BCUT2D eigenvalue weighted by atomic mass is 16.6. The first-order chi connectivity index (χ1) is 10.8. The molecule has 0 aromatic heterocycles. The molecule has 0 aromatic rings. The summed E-state index contributed by atoms with van der Waals surface area (Å²) in [5, 5.41) is 9.10. The highest BCUT2D eigenvalue weighted by molar-refractivity contribution is 5.68. The van der Waals surface area contributed by atoms with E-state index in [0.717, 1.165) is 13.8 Å². The van der Waals surface area contributed by atoms with Crippen molar-refractivity contribution in [2.24, 2.45) is 0 Å². The second-order valence-electron chi connectivity index (χ2n) is 4.51. The first-order valence-electron chi connectivity index (χ1n) is 6.69. The van der Waals surface area contributed by atoms with Crippen LogP contribution in [0, 0.1) is 11.3 Å². The predicted molar refractivity (Wildman–Crippen MR) is 74.9 cm³/mol. The second kappa shape index (κ2) is 10.5. The maximum atomic E-state index is 11.4. The molecular weight excluding hydrogens is 310 g/mol. The number of nitriles is 1. The third-order valence-electron chi connectivity index (χ3n) is 2.71. The topological polar surface area (TPSA) is 121 Å². The summed E-state index contributed by atoms with van der Waals surface area (Å²) in [6.07, 6.45) is -4.52. The molecule has 9 heteroatoms. The standard InChI is InChI=1S/C14H21NO8/c1-8(16)21-7-12(22-9(2)17)14(23-10(3)18)13(20-5)11(6-15)19-4/h11-14H,7H2,1-5H3. The van der Waals surface area contributed by atoms with Gasteiger partial charge in [-0.2, -0.15) is 5.26 Å². The summed E-state index contributed by atoms with van der Waals surface area (Å²) in [7, 11) is 2.55. The fraction of sp³-hybridized carbons (Fsp3) is 0.714. The highest BCUT2D eigenvalue weighted by Crippen LogP contribution is 2.18. The van der Waals surface area contributed by atoms with Gasteiger partial charge in [0.1, 0.15) is 12.7 Å². The Balaban J connectivity index is 5.53. The molecule has 0 aromatic carbocycles. The van der Waals surface area contributed by atoms with Gasteiger partial charge in [0.25, 0.3) is 0 Å². The Morgan fingerprint density at radius 1 is 0.913 bits per heavy atom. The zero-order valence-corrected chi connectivity index (χ0v) is 13.7. The van der Waals surface area contributed by atoms with E-state index in [9.17, 15) is 14.4 Å². The smallest absolute Gasteiger partial charge is 0.303 e. The largest absolute Gasteiger partial charge is 0.462 e. The molecule has 4 unspecified atom stereocenters. The van der Waals surface area contributed by atoms with Gasteiger partial charge < -0.3 is 23.7 Å². The van der Waals surface area contributed by atoms with Gasteiger partial charge in [0, 0.05) is 35.0 Å². The molecule has 0 spiro atoms. The molecule has 0 bridgehead atoms. The van der Waals surface area contributed by atoms with Gasteiger partial charge in [-0.1, -0.05) is 0 Å². The molecule has 4 atom stereocenters. The van der Waals surface area contributed by atoms with Crippen LogP contribution in [0.3, 0.4) is 0 Å². The van der Waals surface area contributed by atoms with E-state index in [2.05, 4.69) is 0 Å². The minimum Gasteiger partial charge on any atom is -0.462 e. The molecule has 130 valence electrons. The Kier molecular flexibility index (Phi) is 9.53. The van der Waals surface area contributed by atoms with Gasteiger partial charge in [-0.15, -0.1) is 0 Å². The average Bonchev–Trinajstić information content (AvgIpc) is 2.46. The normalized spacial score (nSPS) is 15.5. The molecule has 0 aliphatic carbocycles. The third kappa shape index (κ3) is 7.58. The number of esters is 3. The van der Waals surface area contributed by atoms with E-state index in [0.29, 0.717) is 0 Å². The van der Waals surface area contributed by atoms with E-state index in [4.69, 9.17) is 28.9 Å². The number of carbonyl (C=O) groups is 3. The second-order valence-corrected chi connectivity index (χ2v) is 4.51. The van der Waals surface area contributed by atoms with Crippen molar-refractivity contribution in [1.82, 2.24) is 0 Å². The van der Waals surface area contributed by atoms with Gasteiger partial charge in [0.2, 0.25) is 0 Å². The maximum Gasteiger partial charge on any atom is 0.303 e. The Labute approximate surface area is 134 Å². The summed E-state index contributed by atoms with van der Waals surface area (Å²) in [5.74, 6) is -1.98. The summed E-state index contributed by atoms with van der Waals surface area (Å²) >= 11 is 0. The van der Waals surface area contributed by atoms with Crippen molar-refractivity contribution < 1.29 is 38.1 Å². The number of rotatable bonds is 9. The molecular formula is C14H21NO8. The van der Waals surface area contributed by atoms with Gasteiger partial charge >= 0.3 is 17.9 Å². The number of hydrogen-bond acceptors (Lipinski definition) is 9. The lowest BCUT2D eigenvalue weighted by Crippen LogP contribution is -2.51. The van der Waals surface area contributed by atoms with Crippen molar-refractivity contribution in [3.63, 3.8) is 0 Å². The lowest BCUT2D eigenvalue weighted by molar-refractivity contribution is -0.190. The zero-order valence-electron chi connectivity index (χ0n) is 13.7. The molecule has 0 rings (SSSR count). The van der Waals surface area contributed by atoms with Crippen LogP contribution in [0.5, 0.6) is 0 Å². The monoisotopic (exact) mass is 331 g/mol. The van der Waals surface area contributed by atoms with E-state index < -0.39 is 42.3 Å². The van der Waals surface area contributed by atoms with E-state index in [-0.39, 0.29) is 6.61 Å². The average molecular weight is 331 g/mol. The van der Waals surface area contributed by atoms with Crippen LogP contribution in [-0.2, 0) is 38.1 Å². The molecule has 0 radical (unpaired) electrons. The van der Waals surface area contributed by atoms with E-state index in [1.807, 2.05) is 6.07 Å². The molecule has 9 nitrogen and oxygen atoms in total. The predicted octanol–water partition coefficient (Wildman–Crippen LogP) is -0.0335. The van der Waals surface area contributed by atoms with Crippen molar-refractivity contribution in [2.75, 3.05) is 20.8 Å². The van der Waals surface area contributed by atoms with Crippen LogP contribution in [0.25, 0.3) is 0 Å². The van der Waals surface area contributed by atoms with Crippen LogP contribution >= 0.6 is 0 Å². The molecule has 0 saturated carbocycles. The van der Waals surface area contributed by atoms with Gasteiger partial charge in [-0.3, -0.25) is 14.4 Å². The van der Waals surface area contributed by atoms with E-state index >= 15 is 0 Å². The summed E-state index contributed by atoms with van der Waals surface area (Å²) in [5.41, 5.74) is 0. The number of methoxy groups -OCH3 is 2. The first kappa shape index (κ1) is 20.8. The summed E-state index contributed by atoms with van der Waals surface area (Å²) in [6.45, 7) is 3.09. The fourth-order valence-electron chi connectivity index (χ4n) is 1.85. The molecule has 23 heavy (non-hydrogen) atoms. The quantitative estimate of drug-likeness (QED) is 0.423. The van der Waals surface area contributed by atoms with Crippen LogP contribution in [0.1, 0.15) is 20.8 Å². The Morgan fingerprint density at radius 2 is 1.48 bits per heavy atom. The molecule has 0 saturated heterocycles. The van der Waals surface area contributed by atoms with Crippen molar-refractivity contribution in [2.45, 2.75) is 45.2 Å². The van der Waals surface area contributed by atoms with Crippen LogP contribution in [0.4, 0.5) is 0 Å². The van der Waals surface area contributed by atoms with Gasteiger partial charge in [0.15, 0.2) is 18.3 Å². The van der Waals surface area contributed by atoms with Crippen molar-refractivity contribution in [1.29, 1.82) is 5.26 Å². The third-order valence-corrected chi connectivity index (χ3v) is 2.71. The SMILES string of the molecule is COC(C#N)C(OC)C(OC(C)=O)C(COC(C)=O)OC(C)=O. The van der Waals surface area contributed by atoms with Crippen molar-refractivity contribution in [3.05, 3.63) is 0 Å². The van der Waals surface area contributed by atoms with Crippen LogP contribution in [0.15, 0.2) is 0 Å². The fourth-order valence-corrected chi connectivity index (χ4v) is 1.85. The van der Waals surface area contributed by atoms with Gasteiger partial charge in [-0.05, 0) is 0 Å². The minimum atomic E-state index is -1.20. The van der Waals surface area contributed by atoms with Crippen LogP contribution < -0.4 is 0 Å². The molecule has 0 N–H and O–H groups in total. The van der Waals surface area contributed by atoms with Gasteiger partial charge in [0.05, 0.1) is 6.07 Å². The highest BCUT2D eigenvalue weighted by Gasteiger charge is 2.40. The lowest BCUT2D eigenvalue weighted by Gasteiger charge is -2.32.